The van der Waals surface area contributed by atoms with E-state index in [0.717, 1.165) is 0 Å². The number of carbonyl (C=O) groups is 2. The van der Waals surface area contributed by atoms with Gasteiger partial charge in [0.25, 0.3) is 5.91 Å². The summed E-state index contributed by atoms with van der Waals surface area (Å²) in [4.78, 5) is 24.4. The highest BCUT2D eigenvalue weighted by Gasteiger charge is 2.30. The van der Waals surface area contributed by atoms with Crippen LogP contribution in [-0.2, 0) is 9.53 Å². The summed E-state index contributed by atoms with van der Waals surface area (Å²) in [7, 11) is 0. The second-order valence-electron chi connectivity index (χ2n) is 4.05. The zero-order chi connectivity index (χ0) is 13.1. The average Bonchev–Trinajstić information content (AvgIpc) is 2.33. The topological polar surface area (TPSA) is 55.8 Å². The molecule has 18 heavy (non-hydrogen) atoms. The minimum atomic E-state index is -0.358. The van der Waals surface area contributed by atoms with Crippen molar-refractivity contribution in [3.8, 4) is 5.75 Å². The number of ether oxygens (including phenoxy) is 2. The second-order valence-corrected chi connectivity index (χ2v) is 4.05. The maximum atomic E-state index is 12.2. The smallest absolute Gasteiger partial charge is 0.302 e. The Balaban J connectivity index is 2.09. The standard InChI is InChI=1S/C13H15NO4/c1-9-14(7-8-17-10(2)15)13(16)11-5-3-4-6-12(11)18-9/h3-6,9H,7-8H2,1-2H3. The van der Waals surface area contributed by atoms with Gasteiger partial charge in [-0.2, -0.15) is 0 Å². The number of carbonyl (C=O) groups excluding carboxylic acids is 2. The number of rotatable bonds is 3. The molecule has 5 heteroatoms. The van der Waals surface area contributed by atoms with Crippen molar-refractivity contribution in [2.24, 2.45) is 0 Å². The monoisotopic (exact) mass is 249 g/mol. The van der Waals surface area contributed by atoms with Gasteiger partial charge in [-0.15, -0.1) is 0 Å². The summed E-state index contributed by atoms with van der Waals surface area (Å²) >= 11 is 0. The molecule has 1 aromatic rings. The molecule has 0 aromatic heterocycles. The Morgan fingerprint density at radius 3 is 2.89 bits per heavy atom. The van der Waals surface area contributed by atoms with Crippen LogP contribution in [-0.4, -0.2) is 36.2 Å². The lowest BCUT2D eigenvalue weighted by Gasteiger charge is -2.34. The third-order valence-corrected chi connectivity index (χ3v) is 2.75. The first kappa shape index (κ1) is 12.4. The molecule has 0 saturated heterocycles. The van der Waals surface area contributed by atoms with Crippen molar-refractivity contribution in [1.29, 1.82) is 0 Å². The summed E-state index contributed by atoms with van der Waals surface area (Å²) < 4.78 is 10.5. The van der Waals surface area contributed by atoms with Gasteiger partial charge in [0.1, 0.15) is 12.4 Å². The first-order valence-electron chi connectivity index (χ1n) is 5.79. The first-order chi connectivity index (χ1) is 8.59. The second kappa shape index (κ2) is 5.08. The zero-order valence-electron chi connectivity index (χ0n) is 10.4. The van der Waals surface area contributed by atoms with E-state index >= 15 is 0 Å². The van der Waals surface area contributed by atoms with Gasteiger partial charge in [-0.25, -0.2) is 0 Å². The van der Waals surface area contributed by atoms with Crippen molar-refractivity contribution in [3.63, 3.8) is 0 Å². The molecule has 0 aliphatic carbocycles. The molecule has 96 valence electrons. The van der Waals surface area contributed by atoms with E-state index < -0.39 is 0 Å². The molecule has 1 aliphatic heterocycles. The van der Waals surface area contributed by atoms with Crippen molar-refractivity contribution in [3.05, 3.63) is 29.8 Å². The highest BCUT2D eigenvalue weighted by atomic mass is 16.5. The van der Waals surface area contributed by atoms with Crippen LogP contribution in [0.5, 0.6) is 5.75 Å². The van der Waals surface area contributed by atoms with Crippen molar-refractivity contribution in [1.82, 2.24) is 4.90 Å². The quantitative estimate of drug-likeness (QED) is 0.760. The lowest BCUT2D eigenvalue weighted by molar-refractivity contribution is -0.141. The predicted octanol–water partition coefficient (Wildman–Crippen LogP) is 1.43. The van der Waals surface area contributed by atoms with E-state index in [1.165, 1.54) is 6.92 Å². The van der Waals surface area contributed by atoms with Crippen LogP contribution in [0.4, 0.5) is 0 Å². The van der Waals surface area contributed by atoms with Crippen LogP contribution in [0.2, 0.25) is 0 Å². The minimum absolute atomic E-state index is 0.100. The largest absolute Gasteiger partial charge is 0.470 e. The van der Waals surface area contributed by atoms with Crippen LogP contribution < -0.4 is 4.74 Å². The molecule has 1 heterocycles. The zero-order valence-corrected chi connectivity index (χ0v) is 10.4. The van der Waals surface area contributed by atoms with Crippen LogP contribution in [0.15, 0.2) is 24.3 Å². The average molecular weight is 249 g/mol. The van der Waals surface area contributed by atoms with Gasteiger partial charge in [-0.1, -0.05) is 12.1 Å². The maximum absolute atomic E-state index is 12.2. The molecule has 1 atom stereocenters. The van der Waals surface area contributed by atoms with Gasteiger partial charge < -0.3 is 9.47 Å². The number of fused-ring (bicyclic) bond motifs is 1. The van der Waals surface area contributed by atoms with Crippen molar-refractivity contribution in [2.45, 2.75) is 20.1 Å². The molecule has 1 aromatic carbocycles. The third kappa shape index (κ3) is 2.45. The number of hydrogen-bond donors (Lipinski definition) is 0. The van der Waals surface area contributed by atoms with Crippen LogP contribution in [0.3, 0.4) is 0 Å². The SMILES string of the molecule is CC(=O)OCCN1C(=O)c2ccccc2OC1C. The molecule has 0 saturated carbocycles. The van der Waals surface area contributed by atoms with Crippen molar-refractivity contribution in [2.75, 3.05) is 13.2 Å². The first-order valence-corrected chi connectivity index (χ1v) is 5.79. The highest BCUT2D eigenvalue weighted by Crippen LogP contribution is 2.27. The van der Waals surface area contributed by atoms with Crippen LogP contribution in [0, 0.1) is 0 Å². The Bertz CT molecular complexity index is 472. The van der Waals surface area contributed by atoms with E-state index in [0.29, 0.717) is 17.9 Å². The summed E-state index contributed by atoms with van der Waals surface area (Å²) in [6.07, 6.45) is -0.358. The molecule has 0 radical (unpaired) electrons. The van der Waals surface area contributed by atoms with Crippen LogP contribution in [0.25, 0.3) is 0 Å². The number of para-hydroxylation sites is 1. The molecule has 5 nitrogen and oxygen atoms in total. The Hall–Kier alpha value is -2.04. The Morgan fingerprint density at radius 2 is 2.17 bits per heavy atom. The summed E-state index contributed by atoms with van der Waals surface area (Å²) in [5, 5.41) is 0. The molecule has 0 N–H and O–H groups in total. The molecular weight excluding hydrogens is 234 g/mol. The van der Waals surface area contributed by atoms with E-state index in [-0.39, 0.29) is 24.7 Å². The van der Waals surface area contributed by atoms with E-state index in [1.54, 1.807) is 30.0 Å². The molecule has 0 spiro atoms. The highest BCUT2D eigenvalue weighted by molar-refractivity contribution is 5.97. The molecule has 2 rings (SSSR count). The van der Waals surface area contributed by atoms with E-state index in [2.05, 4.69) is 0 Å². The van der Waals surface area contributed by atoms with Crippen molar-refractivity contribution < 1.29 is 19.1 Å². The fourth-order valence-electron chi connectivity index (χ4n) is 1.88. The third-order valence-electron chi connectivity index (χ3n) is 2.75. The molecular formula is C13H15NO4. The van der Waals surface area contributed by atoms with Gasteiger partial charge in [0.15, 0.2) is 6.23 Å². The van der Waals surface area contributed by atoms with E-state index in [1.807, 2.05) is 6.07 Å². The molecule has 1 amide bonds. The normalized spacial score (nSPS) is 18.0. The van der Waals surface area contributed by atoms with E-state index in [4.69, 9.17) is 9.47 Å². The van der Waals surface area contributed by atoms with Gasteiger partial charge in [0.2, 0.25) is 0 Å². The summed E-state index contributed by atoms with van der Waals surface area (Å²) in [6, 6.07) is 7.11. The maximum Gasteiger partial charge on any atom is 0.302 e. The van der Waals surface area contributed by atoms with Gasteiger partial charge in [-0.05, 0) is 19.1 Å². The Labute approximate surface area is 105 Å². The van der Waals surface area contributed by atoms with Crippen LogP contribution >= 0.6 is 0 Å². The van der Waals surface area contributed by atoms with Gasteiger partial charge in [0.05, 0.1) is 12.1 Å². The van der Waals surface area contributed by atoms with E-state index in [9.17, 15) is 9.59 Å². The molecule has 1 aliphatic rings. The number of benzene rings is 1. The molecule has 1 unspecified atom stereocenters. The van der Waals surface area contributed by atoms with Gasteiger partial charge in [-0.3, -0.25) is 14.5 Å². The molecule has 0 fully saturated rings. The Kier molecular flexibility index (Phi) is 3.50. The van der Waals surface area contributed by atoms with Gasteiger partial charge in [0, 0.05) is 6.92 Å². The summed E-state index contributed by atoms with van der Waals surface area (Å²) in [5.41, 5.74) is 0.540. The molecule has 0 bridgehead atoms. The van der Waals surface area contributed by atoms with Crippen molar-refractivity contribution >= 4 is 11.9 Å². The fourth-order valence-corrected chi connectivity index (χ4v) is 1.88. The van der Waals surface area contributed by atoms with Gasteiger partial charge >= 0.3 is 5.97 Å². The Morgan fingerprint density at radius 1 is 1.44 bits per heavy atom. The fraction of sp³-hybridized carbons (Fsp3) is 0.385. The minimum Gasteiger partial charge on any atom is -0.470 e. The lowest BCUT2D eigenvalue weighted by Crippen LogP contribution is -2.47. The van der Waals surface area contributed by atoms with Crippen LogP contribution in [0.1, 0.15) is 24.2 Å². The number of amides is 1. The lowest BCUT2D eigenvalue weighted by atomic mass is 10.1. The summed E-state index contributed by atoms with van der Waals surface area (Å²) in [5.74, 6) is 0.142. The number of nitrogens with zero attached hydrogens (tertiary/aromatic N) is 1. The summed E-state index contributed by atoms with van der Waals surface area (Å²) in [6.45, 7) is 3.64. The number of esters is 1. The number of hydrogen-bond acceptors (Lipinski definition) is 4. The predicted molar refractivity (Wildman–Crippen MR) is 64.2 cm³/mol.